The average molecular weight is 772 g/mol. The van der Waals surface area contributed by atoms with E-state index < -0.39 is 0 Å². The summed E-state index contributed by atoms with van der Waals surface area (Å²) < 4.78 is 5.76. The number of aromatic nitrogens is 5. The van der Waals surface area contributed by atoms with Crippen LogP contribution >= 0.6 is 11.3 Å². The Bertz CT molecular complexity index is 3530. The molecule has 5 nitrogen and oxygen atoms in total. The Morgan fingerprint density at radius 3 is 1.69 bits per heavy atom. The molecule has 0 aliphatic carbocycles. The van der Waals surface area contributed by atoms with Gasteiger partial charge in [0, 0.05) is 32.8 Å². The van der Waals surface area contributed by atoms with E-state index in [0.29, 0.717) is 5.95 Å². The number of fused-ring (bicyclic) bond motifs is 7. The maximum atomic E-state index is 5.36. The highest BCUT2D eigenvalue weighted by Gasteiger charge is 2.21. The molecule has 12 rings (SSSR count). The Morgan fingerprint density at radius 1 is 0.356 bits per heavy atom. The summed E-state index contributed by atoms with van der Waals surface area (Å²) >= 11 is 1.73. The van der Waals surface area contributed by atoms with E-state index in [2.05, 4.69) is 197 Å². The summed E-state index contributed by atoms with van der Waals surface area (Å²) in [6.45, 7) is 0. The highest BCUT2D eigenvalue weighted by atomic mass is 32.1. The molecule has 0 fully saturated rings. The molecule has 8 aromatic carbocycles. The second kappa shape index (κ2) is 13.5. The monoisotopic (exact) mass is 771 g/mol. The summed E-state index contributed by atoms with van der Waals surface area (Å²) in [6, 6.07) is 70.8. The molecule has 0 N–H and O–H groups in total. The van der Waals surface area contributed by atoms with Crippen molar-refractivity contribution in [2.45, 2.75) is 0 Å². The third-order valence-electron chi connectivity index (χ3n) is 11.4. The first-order valence-corrected chi connectivity index (χ1v) is 20.6. The molecule has 0 saturated heterocycles. The van der Waals surface area contributed by atoms with Crippen LogP contribution in [0.3, 0.4) is 0 Å². The Kier molecular flexibility index (Phi) is 7.64. The Hall–Kier alpha value is -7.67. The van der Waals surface area contributed by atoms with Crippen LogP contribution in [-0.2, 0) is 0 Å². The van der Waals surface area contributed by atoms with E-state index in [0.717, 1.165) is 88.1 Å². The maximum absolute atomic E-state index is 5.36. The summed E-state index contributed by atoms with van der Waals surface area (Å²) in [7, 11) is 0. The second-order valence-corrected chi connectivity index (χ2v) is 15.9. The van der Waals surface area contributed by atoms with Gasteiger partial charge in [0.25, 0.3) is 0 Å². The zero-order valence-electron chi connectivity index (χ0n) is 31.7. The van der Waals surface area contributed by atoms with E-state index >= 15 is 0 Å². The van der Waals surface area contributed by atoms with Crippen molar-refractivity contribution in [1.29, 1.82) is 0 Å². The van der Waals surface area contributed by atoms with Gasteiger partial charge in [0.15, 0.2) is 4.96 Å². The van der Waals surface area contributed by atoms with Crippen molar-refractivity contribution in [3.05, 3.63) is 200 Å². The van der Waals surface area contributed by atoms with Gasteiger partial charge in [0.05, 0.1) is 43.8 Å². The molecule has 6 heteroatoms. The zero-order valence-corrected chi connectivity index (χ0v) is 32.5. The van der Waals surface area contributed by atoms with Crippen LogP contribution in [-0.4, -0.2) is 23.9 Å². The molecule has 0 aliphatic rings. The first kappa shape index (κ1) is 33.5. The molecule has 0 atom stereocenters. The van der Waals surface area contributed by atoms with Gasteiger partial charge < -0.3 is 0 Å². The number of hydrogen-bond donors (Lipinski definition) is 0. The highest BCUT2D eigenvalue weighted by Crippen LogP contribution is 2.41. The largest absolute Gasteiger partial charge is 0.282 e. The van der Waals surface area contributed by atoms with Gasteiger partial charge in [-0.2, -0.15) is 0 Å². The average Bonchev–Trinajstić information content (AvgIpc) is 3.97. The van der Waals surface area contributed by atoms with Gasteiger partial charge in [0.1, 0.15) is 0 Å². The fourth-order valence-corrected chi connectivity index (χ4v) is 9.62. The van der Waals surface area contributed by atoms with Crippen LogP contribution in [0.2, 0.25) is 0 Å². The van der Waals surface area contributed by atoms with Crippen molar-refractivity contribution < 1.29 is 0 Å². The molecule has 0 spiro atoms. The lowest BCUT2D eigenvalue weighted by Gasteiger charge is -2.12. The first-order chi connectivity index (χ1) is 29.2. The van der Waals surface area contributed by atoms with Crippen LogP contribution in [0.25, 0.3) is 110 Å². The number of para-hydroxylation sites is 2. The standard InChI is InChI=1S/C53H33N5S/c1-4-14-34(15-5-1)35-24-26-37(27-25-35)49-42-21-10-12-22-44(42)54-52(55-49)57-45-23-13-11-20-41(45)43-32-39(28-30-46(43)57)40-29-31-48-47(33-40)58-51(38-18-8-3-9-19-38)50(56-53(58)59-48)36-16-6-2-7-17-36/h1-33H. The zero-order chi connectivity index (χ0) is 38.9. The van der Waals surface area contributed by atoms with Gasteiger partial charge in [-0.05, 0) is 58.7 Å². The van der Waals surface area contributed by atoms with E-state index in [-0.39, 0.29) is 0 Å². The molecular weight excluding hydrogens is 739 g/mol. The Morgan fingerprint density at radius 2 is 0.915 bits per heavy atom. The minimum atomic E-state index is 0.648. The van der Waals surface area contributed by atoms with E-state index in [4.69, 9.17) is 15.0 Å². The lowest BCUT2D eigenvalue weighted by molar-refractivity contribution is 1.01. The number of benzene rings is 8. The topological polar surface area (TPSA) is 48.0 Å². The molecule has 0 saturated carbocycles. The normalized spacial score (nSPS) is 11.7. The maximum Gasteiger partial charge on any atom is 0.235 e. The first-order valence-electron chi connectivity index (χ1n) is 19.8. The molecule has 0 amide bonds. The van der Waals surface area contributed by atoms with Gasteiger partial charge in [-0.25, -0.2) is 15.0 Å². The lowest BCUT2D eigenvalue weighted by atomic mass is 10.0. The van der Waals surface area contributed by atoms with Gasteiger partial charge in [0.2, 0.25) is 5.95 Å². The lowest BCUT2D eigenvalue weighted by Crippen LogP contribution is -2.03. The molecule has 59 heavy (non-hydrogen) atoms. The van der Waals surface area contributed by atoms with E-state index in [1.807, 2.05) is 12.1 Å². The van der Waals surface area contributed by atoms with Crippen LogP contribution in [0, 0.1) is 0 Å². The predicted octanol–water partition coefficient (Wildman–Crippen LogP) is 13.9. The molecule has 12 aromatic rings. The number of nitrogens with zero attached hydrogens (tertiary/aromatic N) is 5. The smallest absolute Gasteiger partial charge is 0.235 e. The number of thiazole rings is 1. The van der Waals surface area contributed by atoms with Crippen molar-refractivity contribution in [1.82, 2.24) is 23.9 Å². The van der Waals surface area contributed by atoms with E-state index in [1.54, 1.807) is 11.3 Å². The van der Waals surface area contributed by atoms with Crippen LogP contribution in [0.1, 0.15) is 0 Å². The molecule has 0 unspecified atom stereocenters. The quantitative estimate of drug-likeness (QED) is 0.169. The van der Waals surface area contributed by atoms with Crippen molar-refractivity contribution in [2.75, 3.05) is 0 Å². The van der Waals surface area contributed by atoms with Crippen LogP contribution < -0.4 is 0 Å². The molecule has 0 radical (unpaired) electrons. The fraction of sp³-hybridized carbons (Fsp3) is 0. The molecule has 4 heterocycles. The van der Waals surface area contributed by atoms with Crippen LogP contribution in [0.15, 0.2) is 200 Å². The van der Waals surface area contributed by atoms with E-state index in [1.165, 1.54) is 15.8 Å². The predicted molar refractivity (Wildman–Crippen MR) is 245 cm³/mol. The number of rotatable bonds is 6. The minimum Gasteiger partial charge on any atom is -0.282 e. The Balaban J connectivity index is 1.02. The molecule has 276 valence electrons. The van der Waals surface area contributed by atoms with Crippen molar-refractivity contribution in [2.24, 2.45) is 0 Å². The SMILES string of the molecule is c1ccc(-c2ccc(-c3nc(-n4c5ccccc5c5cc(-c6ccc7sc8nc(-c9ccccc9)c(-c9ccccc9)n8c7c6)ccc54)nc4ccccc34)cc2)cc1. The third-order valence-corrected chi connectivity index (χ3v) is 12.4. The van der Waals surface area contributed by atoms with Gasteiger partial charge in [-0.3, -0.25) is 8.97 Å². The summed E-state index contributed by atoms with van der Waals surface area (Å²) in [5.41, 5.74) is 15.1. The summed E-state index contributed by atoms with van der Waals surface area (Å²) in [4.78, 5) is 16.8. The van der Waals surface area contributed by atoms with Crippen molar-refractivity contribution in [3.8, 4) is 62.0 Å². The van der Waals surface area contributed by atoms with Crippen molar-refractivity contribution >= 4 is 59.2 Å². The molecular formula is C53H33N5S. The molecule has 0 bridgehead atoms. The molecule has 4 aromatic heterocycles. The minimum absolute atomic E-state index is 0.648. The number of hydrogen-bond acceptors (Lipinski definition) is 4. The fourth-order valence-electron chi connectivity index (χ4n) is 8.61. The van der Waals surface area contributed by atoms with Crippen molar-refractivity contribution in [3.63, 3.8) is 0 Å². The number of imidazole rings is 1. The summed E-state index contributed by atoms with van der Waals surface area (Å²) in [5.74, 6) is 0.648. The third kappa shape index (κ3) is 5.49. The van der Waals surface area contributed by atoms with E-state index in [9.17, 15) is 0 Å². The van der Waals surface area contributed by atoms with Crippen LogP contribution in [0.4, 0.5) is 0 Å². The van der Waals surface area contributed by atoms with Crippen LogP contribution in [0.5, 0.6) is 0 Å². The van der Waals surface area contributed by atoms with Gasteiger partial charge in [-0.15, -0.1) is 0 Å². The second-order valence-electron chi connectivity index (χ2n) is 14.9. The molecule has 0 aliphatic heterocycles. The highest BCUT2D eigenvalue weighted by molar-refractivity contribution is 7.23. The summed E-state index contributed by atoms with van der Waals surface area (Å²) in [6.07, 6.45) is 0. The Labute approximate surface area is 343 Å². The van der Waals surface area contributed by atoms with Gasteiger partial charge in [-0.1, -0.05) is 175 Å². The summed E-state index contributed by atoms with van der Waals surface area (Å²) in [5, 5.41) is 3.33. The van der Waals surface area contributed by atoms with Gasteiger partial charge >= 0.3 is 0 Å².